The summed E-state index contributed by atoms with van der Waals surface area (Å²) in [6.07, 6.45) is -0.644. The van der Waals surface area contributed by atoms with Crippen molar-refractivity contribution in [3.8, 4) is 0 Å². The normalized spacial score (nSPS) is 13.2. The molecule has 1 atom stereocenters. The van der Waals surface area contributed by atoms with Crippen LogP contribution < -0.4 is 0 Å². The SMILES string of the molecule is CC(O)c1c2cc(Cl)ccc2nn1CCO. The fourth-order valence-electron chi connectivity index (χ4n) is 1.83. The Morgan fingerprint density at radius 2 is 2.25 bits per heavy atom. The number of aliphatic hydroxyl groups is 2. The number of halogens is 1. The first-order valence-electron chi connectivity index (χ1n) is 5.08. The number of aliphatic hydroxyl groups excluding tert-OH is 2. The number of hydrogen-bond donors (Lipinski definition) is 2. The summed E-state index contributed by atoms with van der Waals surface area (Å²) < 4.78 is 1.62. The lowest BCUT2D eigenvalue weighted by atomic mass is 10.1. The number of rotatable bonds is 3. The Morgan fingerprint density at radius 3 is 2.88 bits per heavy atom. The summed E-state index contributed by atoms with van der Waals surface area (Å²) in [6, 6.07) is 5.34. The second-order valence-electron chi connectivity index (χ2n) is 3.67. The van der Waals surface area contributed by atoms with Crippen LogP contribution in [0.2, 0.25) is 5.02 Å². The molecule has 0 saturated carbocycles. The van der Waals surface area contributed by atoms with Gasteiger partial charge in [0.25, 0.3) is 0 Å². The Bertz CT molecular complexity index is 508. The minimum Gasteiger partial charge on any atom is -0.394 e. The van der Waals surface area contributed by atoms with Crippen molar-refractivity contribution in [2.24, 2.45) is 0 Å². The Balaban J connectivity index is 2.67. The predicted octanol–water partition coefficient (Wildman–Crippen LogP) is 1.74. The van der Waals surface area contributed by atoms with E-state index in [9.17, 15) is 5.11 Å². The first kappa shape index (κ1) is 11.4. The number of aromatic nitrogens is 2. The highest BCUT2D eigenvalue weighted by molar-refractivity contribution is 6.31. The summed E-state index contributed by atoms with van der Waals surface area (Å²) >= 11 is 5.91. The molecular weight excluding hydrogens is 228 g/mol. The molecular formula is C11H13ClN2O2. The highest BCUT2D eigenvalue weighted by Crippen LogP contribution is 2.26. The van der Waals surface area contributed by atoms with Crippen molar-refractivity contribution in [2.75, 3.05) is 6.61 Å². The van der Waals surface area contributed by atoms with E-state index in [1.807, 2.05) is 0 Å². The van der Waals surface area contributed by atoms with Gasteiger partial charge in [-0.2, -0.15) is 5.10 Å². The Labute approximate surface area is 98.1 Å². The molecule has 0 aliphatic carbocycles. The molecule has 1 aromatic carbocycles. The van der Waals surface area contributed by atoms with E-state index in [-0.39, 0.29) is 6.61 Å². The molecule has 0 aliphatic heterocycles. The molecule has 1 aromatic heterocycles. The molecule has 0 aliphatic rings. The van der Waals surface area contributed by atoms with Crippen molar-refractivity contribution in [2.45, 2.75) is 19.6 Å². The smallest absolute Gasteiger partial charge is 0.0935 e. The van der Waals surface area contributed by atoms with Gasteiger partial charge in [-0.1, -0.05) is 11.6 Å². The third-order valence-corrected chi connectivity index (χ3v) is 2.68. The van der Waals surface area contributed by atoms with E-state index in [4.69, 9.17) is 16.7 Å². The molecule has 1 heterocycles. The second kappa shape index (κ2) is 4.41. The van der Waals surface area contributed by atoms with Gasteiger partial charge in [-0.15, -0.1) is 0 Å². The van der Waals surface area contributed by atoms with Gasteiger partial charge in [-0.05, 0) is 25.1 Å². The highest BCUT2D eigenvalue weighted by Gasteiger charge is 2.15. The highest BCUT2D eigenvalue weighted by atomic mass is 35.5. The molecule has 16 heavy (non-hydrogen) atoms. The van der Waals surface area contributed by atoms with Gasteiger partial charge in [0, 0.05) is 10.4 Å². The molecule has 2 aromatic rings. The van der Waals surface area contributed by atoms with Gasteiger partial charge in [0.05, 0.1) is 30.5 Å². The largest absolute Gasteiger partial charge is 0.394 e. The van der Waals surface area contributed by atoms with Gasteiger partial charge in [0.1, 0.15) is 0 Å². The zero-order valence-electron chi connectivity index (χ0n) is 8.89. The molecule has 2 N–H and O–H groups in total. The number of benzene rings is 1. The third kappa shape index (κ3) is 1.91. The van der Waals surface area contributed by atoms with Crippen molar-refractivity contribution in [1.29, 1.82) is 0 Å². The van der Waals surface area contributed by atoms with Crippen LogP contribution in [-0.4, -0.2) is 26.6 Å². The van der Waals surface area contributed by atoms with Crippen molar-refractivity contribution in [3.05, 3.63) is 28.9 Å². The fourth-order valence-corrected chi connectivity index (χ4v) is 2.00. The zero-order chi connectivity index (χ0) is 11.7. The first-order valence-corrected chi connectivity index (χ1v) is 5.46. The zero-order valence-corrected chi connectivity index (χ0v) is 9.65. The summed E-state index contributed by atoms with van der Waals surface area (Å²) in [7, 11) is 0. The van der Waals surface area contributed by atoms with Crippen LogP contribution >= 0.6 is 11.6 Å². The molecule has 1 unspecified atom stereocenters. The lowest BCUT2D eigenvalue weighted by Gasteiger charge is -2.08. The van der Waals surface area contributed by atoms with E-state index in [1.165, 1.54) is 0 Å². The van der Waals surface area contributed by atoms with Crippen LogP contribution in [0.15, 0.2) is 18.2 Å². The molecule has 0 amide bonds. The van der Waals surface area contributed by atoms with Crippen molar-refractivity contribution in [3.63, 3.8) is 0 Å². The molecule has 0 bridgehead atoms. The number of nitrogens with zero attached hydrogens (tertiary/aromatic N) is 2. The number of fused-ring (bicyclic) bond motifs is 1. The monoisotopic (exact) mass is 240 g/mol. The minimum absolute atomic E-state index is 0.0125. The first-order chi connectivity index (χ1) is 7.63. The summed E-state index contributed by atoms with van der Waals surface area (Å²) in [5.74, 6) is 0. The summed E-state index contributed by atoms with van der Waals surface area (Å²) in [4.78, 5) is 0. The average Bonchev–Trinajstić information content (AvgIpc) is 2.55. The van der Waals surface area contributed by atoms with Crippen LogP contribution in [0.25, 0.3) is 10.9 Å². The summed E-state index contributed by atoms with van der Waals surface area (Å²) in [5, 5.41) is 24.4. The maximum atomic E-state index is 9.72. The van der Waals surface area contributed by atoms with Crippen LogP contribution in [0.3, 0.4) is 0 Å². The lowest BCUT2D eigenvalue weighted by molar-refractivity contribution is 0.183. The van der Waals surface area contributed by atoms with Crippen LogP contribution in [0, 0.1) is 0 Å². The fraction of sp³-hybridized carbons (Fsp3) is 0.364. The lowest BCUT2D eigenvalue weighted by Crippen LogP contribution is -2.10. The molecule has 2 rings (SSSR count). The molecule has 0 saturated heterocycles. The van der Waals surface area contributed by atoms with Crippen LogP contribution in [0.5, 0.6) is 0 Å². The minimum atomic E-state index is -0.644. The van der Waals surface area contributed by atoms with Gasteiger partial charge in [0.2, 0.25) is 0 Å². The molecule has 5 heteroatoms. The quantitative estimate of drug-likeness (QED) is 0.859. The average molecular weight is 241 g/mol. The van der Waals surface area contributed by atoms with E-state index in [0.717, 1.165) is 10.9 Å². The molecule has 0 fully saturated rings. The Morgan fingerprint density at radius 1 is 1.50 bits per heavy atom. The third-order valence-electron chi connectivity index (χ3n) is 2.45. The van der Waals surface area contributed by atoms with Crippen molar-refractivity contribution < 1.29 is 10.2 Å². The van der Waals surface area contributed by atoms with E-state index in [2.05, 4.69) is 5.10 Å². The predicted molar refractivity (Wildman–Crippen MR) is 62.5 cm³/mol. The Kier molecular flexibility index (Phi) is 3.14. The van der Waals surface area contributed by atoms with Gasteiger partial charge < -0.3 is 10.2 Å². The maximum Gasteiger partial charge on any atom is 0.0935 e. The molecule has 86 valence electrons. The topological polar surface area (TPSA) is 58.3 Å². The van der Waals surface area contributed by atoms with Crippen molar-refractivity contribution in [1.82, 2.24) is 9.78 Å². The van der Waals surface area contributed by atoms with Gasteiger partial charge >= 0.3 is 0 Å². The summed E-state index contributed by atoms with van der Waals surface area (Å²) in [5.41, 5.74) is 1.46. The Hall–Kier alpha value is -1.10. The van der Waals surface area contributed by atoms with Gasteiger partial charge in [-0.25, -0.2) is 0 Å². The van der Waals surface area contributed by atoms with Crippen LogP contribution in [0.4, 0.5) is 0 Å². The van der Waals surface area contributed by atoms with Gasteiger partial charge in [0.15, 0.2) is 0 Å². The second-order valence-corrected chi connectivity index (χ2v) is 4.11. The molecule has 4 nitrogen and oxygen atoms in total. The standard InChI is InChI=1S/C11H13ClN2O2/c1-7(16)11-9-6-8(12)2-3-10(9)13-14(11)4-5-15/h2-3,6-7,15-16H,4-5H2,1H3. The van der Waals surface area contributed by atoms with Crippen molar-refractivity contribution >= 4 is 22.5 Å². The van der Waals surface area contributed by atoms with E-state index in [0.29, 0.717) is 17.3 Å². The van der Waals surface area contributed by atoms with Crippen LogP contribution in [-0.2, 0) is 6.54 Å². The summed E-state index contributed by atoms with van der Waals surface area (Å²) in [6.45, 7) is 2.03. The molecule has 0 spiro atoms. The van der Waals surface area contributed by atoms with E-state index < -0.39 is 6.10 Å². The van der Waals surface area contributed by atoms with Gasteiger partial charge in [-0.3, -0.25) is 4.68 Å². The number of hydrogen-bond acceptors (Lipinski definition) is 3. The maximum absolute atomic E-state index is 9.72. The van der Waals surface area contributed by atoms with E-state index in [1.54, 1.807) is 29.8 Å². The molecule has 0 radical (unpaired) electrons. The van der Waals surface area contributed by atoms with Crippen LogP contribution in [0.1, 0.15) is 18.7 Å². The van der Waals surface area contributed by atoms with E-state index >= 15 is 0 Å².